The molecule has 1 N–H and O–H groups in total. The zero-order valence-corrected chi connectivity index (χ0v) is 14.0. The Balaban J connectivity index is 1.55. The monoisotopic (exact) mass is 357 g/mol. The Morgan fingerprint density at radius 1 is 1.25 bits per heavy atom. The Labute approximate surface area is 134 Å². The van der Waals surface area contributed by atoms with Crippen LogP contribution in [0.15, 0.2) is 22.7 Å². The van der Waals surface area contributed by atoms with Gasteiger partial charge in [0.2, 0.25) is 0 Å². The summed E-state index contributed by atoms with van der Waals surface area (Å²) < 4.78 is 0.975. The molecule has 0 radical (unpaired) electrons. The molecule has 1 unspecified atom stereocenters. The van der Waals surface area contributed by atoms with Crippen molar-refractivity contribution >= 4 is 27.5 Å². The third kappa shape index (κ3) is 3.55. The highest BCUT2D eigenvalue weighted by atomic mass is 79.9. The van der Waals surface area contributed by atoms with Gasteiger partial charge < -0.3 is 5.32 Å². The largest absolute Gasteiger partial charge is 0.314 e. The van der Waals surface area contributed by atoms with E-state index in [4.69, 9.17) is 11.6 Å². The van der Waals surface area contributed by atoms with E-state index in [1.807, 2.05) is 6.07 Å². The number of piperazine rings is 1. The van der Waals surface area contributed by atoms with Crippen molar-refractivity contribution in [2.45, 2.75) is 19.0 Å². The molecule has 1 aromatic carbocycles. The van der Waals surface area contributed by atoms with Crippen LogP contribution in [0.5, 0.6) is 0 Å². The molecule has 2 saturated heterocycles. The van der Waals surface area contributed by atoms with Gasteiger partial charge >= 0.3 is 0 Å². The standard InChI is InChI=1S/C15H21BrClN3/c16-14-2-1-12(9-15(14)17)10-19-6-3-13(11-19)20-7-4-18-5-8-20/h1-2,9,13,18H,3-8,10-11H2. The molecular weight excluding hydrogens is 338 g/mol. The van der Waals surface area contributed by atoms with Gasteiger partial charge in [-0.05, 0) is 40.0 Å². The van der Waals surface area contributed by atoms with Gasteiger partial charge in [-0.2, -0.15) is 0 Å². The Bertz CT molecular complexity index is 462. The second-order valence-electron chi connectivity index (χ2n) is 5.71. The molecule has 1 aromatic rings. The smallest absolute Gasteiger partial charge is 0.0551 e. The summed E-state index contributed by atoms with van der Waals surface area (Å²) in [4.78, 5) is 5.19. The van der Waals surface area contributed by atoms with Crippen LogP contribution in [0.25, 0.3) is 0 Å². The maximum Gasteiger partial charge on any atom is 0.0551 e. The summed E-state index contributed by atoms with van der Waals surface area (Å²) in [6.07, 6.45) is 1.30. The maximum atomic E-state index is 6.17. The van der Waals surface area contributed by atoms with Crippen LogP contribution in [0.4, 0.5) is 0 Å². The fourth-order valence-electron chi connectivity index (χ4n) is 3.20. The van der Waals surface area contributed by atoms with Crippen LogP contribution in [0.2, 0.25) is 5.02 Å². The molecule has 5 heteroatoms. The second kappa shape index (κ2) is 6.75. The van der Waals surface area contributed by atoms with Crippen molar-refractivity contribution in [3.8, 4) is 0 Å². The van der Waals surface area contributed by atoms with Gasteiger partial charge in [0.05, 0.1) is 5.02 Å². The van der Waals surface area contributed by atoms with Gasteiger partial charge in [0.15, 0.2) is 0 Å². The molecular formula is C15H21BrClN3. The zero-order chi connectivity index (χ0) is 13.9. The molecule has 20 heavy (non-hydrogen) atoms. The predicted molar refractivity (Wildman–Crippen MR) is 87.3 cm³/mol. The molecule has 3 rings (SSSR count). The van der Waals surface area contributed by atoms with Crippen molar-refractivity contribution in [1.29, 1.82) is 0 Å². The molecule has 0 aromatic heterocycles. The summed E-state index contributed by atoms with van der Waals surface area (Å²) in [6, 6.07) is 7.02. The molecule has 2 fully saturated rings. The number of rotatable bonds is 3. The van der Waals surface area contributed by atoms with E-state index >= 15 is 0 Å². The lowest BCUT2D eigenvalue weighted by Crippen LogP contribution is -2.49. The van der Waals surface area contributed by atoms with E-state index in [-0.39, 0.29) is 0 Å². The normalized spacial score (nSPS) is 25.2. The Kier molecular flexibility index (Phi) is 5.00. The highest BCUT2D eigenvalue weighted by Crippen LogP contribution is 2.25. The molecule has 0 bridgehead atoms. The molecule has 110 valence electrons. The molecule has 0 aliphatic carbocycles. The summed E-state index contributed by atoms with van der Waals surface area (Å²) >= 11 is 9.61. The number of hydrogen-bond donors (Lipinski definition) is 1. The quantitative estimate of drug-likeness (QED) is 0.896. The highest BCUT2D eigenvalue weighted by Gasteiger charge is 2.28. The minimum Gasteiger partial charge on any atom is -0.314 e. The average molecular weight is 359 g/mol. The van der Waals surface area contributed by atoms with Crippen molar-refractivity contribution < 1.29 is 0 Å². The van der Waals surface area contributed by atoms with E-state index in [1.165, 1.54) is 38.2 Å². The highest BCUT2D eigenvalue weighted by molar-refractivity contribution is 9.10. The van der Waals surface area contributed by atoms with Gasteiger partial charge in [0.25, 0.3) is 0 Å². The lowest BCUT2D eigenvalue weighted by Gasteiger charge is -2.32. The van der Waals surface area contributed by atoms with Gasteiger partial charge in [0, 0.05) is 56.3 Å². The van der Waals surface area contributed by atoms with Crippen molar-refractivity contribution in [1.82, 2.24) is 15.1 Å². The third-order valence-corrected chi connectivity index (χ3v) is 5.54. The first-order valence-electron chi connectivity index (χ1n) is 7.33. The predicted octanol–water partition coefficient (Wildman–Crippen LogP) is 2.58. The van der Waals surface area contributed by atoms with Crippen LogP contribution in [0.3, 0.4) is 0 Å². The maximum absolute atomic E-state index is 6.17. The van der Waals surface area contributed by atoms with Crippen LogP contribution in [-0.2, 0) is 6.54 Å². The van der Waals surface area contributed by atoms with Crippen molar-refractivity contribution in [2.24, 2.45) is 0 Å². The zero-order valence-electron chi connectivity index (χ0n) is 11.6. The molecule has 1 atom stereocenters. The number of likely N-dealkylation sites (tertiary alicyclic amines) is 1. The van der Waals surface area contributed by atoms with E-state index in [1.54, 1.807) is 0 Å². The number of nitrogens with zero attached hydrogens (tertiary/aromatic N) is 2. The van der Waals surface area contributed by atoms with Crippen molar-refractivity contribution in [2.75, 3.05) is 39.3 Å². The number of hydrogen-bond acceptors (Lipinski definition) is 3. The Morgan fingerprint density at radius 2 is 2.05 bits per heavy atom. The van der Waals surface area contributed by atoms with Gasteiger partial charge in [-0.25, -0.2) is 0 Å². The minimum atomic E-state index is 0.739. The van der Waals surface area contributed by atoms with Crippen molar-refractivity contribution in [3.05, 3.63) is 33.3 Å². The summed E-state index contributed by atoms with van der Waals surface area (Å²) in [7, 11) is 0. The third-order valence-electron chi connectivity index (χ3n) is 4.31. The number of nitrogens with one attached hydrogen (secondary N) is 1. The average Bonchev–Trinajstić information content (AvgIpc) is 2.92. The van der Waals surface area contributed by atoms with E-state index in [9.17, 15) is 0 Å². The lowest BCUT2D eigenvalue weighted by atomic mass is 10.2. The summed E-state index contributed by atoms with van der Waals surface area (Å²) in [5.74, 6) is 0. The molecule has 2 heterocycles. The molecule has 0 amide bonds. The minimum absolute atomic E-state index is 0.739. The summed E-state index contributed by atoms with van der Waals surface area (Å²) in [5.41, 5.74) is 1.30. The van der Waals surface area contributed by atoms with E-state index < -0.39 is 0 Å². The first kappa shape index (κ1) is 14.8. The molecule has 3 nitrogen and oxygen atoms in total. The Morgan fingerprint density at radius 3 is 2.80 bits per heavy atom. The van der Waals surface area contributed by atoms with Crippen LogP contribution in [0, 0.1) is 0 Å². The molecule has 0 spiro atoms. The fourth-order valence-corrected chi connectivity index (χ4v) is 3.65. The van der Waals surface area contributed by atoms with E-state index in [0.29, 0.717) is 0 Å². The van der Waals surface area contributed by atoms with Gasteiger partial charge in [-0.1, -0.05) is 17.7 Å². The second-order valence-corrected chi connectivity index (χ2v) is 6.97. The first-order chi connectivity index (χ1) is 9.72. The SMILES string of the molecule is Clc1cc(CN2CCC(N3CCNCC3)C2)ccc1Br. The van der Waals surface area contributed by atoms with Crippen LogP contribution < -0.4 is 5.32 Å². The lowest BCUT2D eigenvalue weighted by molar-refractivity contribution is 0.170. The molecule has 2 aliphatic rings. The molecule has 2 aliphatic heterocycles. The van der Waals surface area contributed by atoms with Gasteiger partial charge in [-0.15, -0.1) is 0 Å². The van der Waals surface area contributed by atoms with E-state index in [0.717, 1.165) is 35.2 Å². The van der Waals surface area contributed by atoms with Crippen LogP contribution in [0.1, 0.15) is 12.0 Å². The summed E-state index contributed by atoms with van der Waals surface area (Å²) in [6.45, 7) is 8.06. The van der Waals surface area contributed by atoms with Crippen LogP contribution >= 0.6 is 27.5 Å². The van der Waals surface area contributed by atoms with Gasteiger partial charge in [-0.3, -0.25) is 9.80 Å². The van der Waals surface area contributed by atoms with Gasteiger partial charge in [0.1, 0.15) is 0 Å². The van der Waals surface area contributed by atoms with E-state index in [2.05, 4.69) is 43.2 Å². The number of benzene rings is 1. The summed E-state index contributed by atoms with van der Waals surface area (Å²) in [5, 5.41) is 4.23. The Hall–Kier alpha value is -0.130. The topological polar surface area (TPSA) is 18.5 Å². The molecule has 0 saturated carbocycles. The number of halogens is 2. The van der Waals surface area contributed by atoms with Crippen LogP contribution in [-0.4, -0.2) is 55.1 Å². The first-order valence-corrected chi connectivity index (χ1v) is 8.50. The fraction of sp³-hybridized carbons (Fsp3) is 0.600. The van der Waals surface area contributed by atoms with Crippen molar-refractivity contribution in [3.63, 3.8) is 0 Å².